The molecule has 3 aromatic carbocycles. The average molecular weight is 507 g/mol. The number of halogens is 3. The molecule has 1 aliphatic rings. The fourth-order valence-corrected chi connectivity index (χ4v) is 4.51. The van der Waals surface area contributed by atoms with Crippen LogP contribution in [0.4, 0.5) is 4.39 Å². The van der Waals surface area contributed by atoms with E-state index in [9.17, 15) is 9.65 Å². The third kappa shape index (κ3) is 4.30. The highest BCUT2D eigenvalue weighted by molar-refractivity contribution is 6.36. The van der Waals surface area contributed by atoms with Gasteiger partial charge in [0.15, 0.2) is 0 Å². The van der Waals surface area contributed by atoms with Crippen LogP contribution in [0.15, 0.2) is 78.2 Å². The van der Waals surface area contributed by atoms with Gasteiger partial charge in [0.05, 0.1) is 22.2 Å². The van der Waals surface area contributed by atoms with Crippen molar-refractivity contribution < 1.29 is 13.9 Å². The Morgan fingerprint density at radius 2 is 1.89 bits per heavy atom. The summed E-state index contributed by atoms with van der Waals surface area (Å²) in [7, 11) is 0. The quantitative estimate of drug-likeness (QED) is 0.330. The van der Waals surface area contributed by atoms with E-state index < -0.39 is 5.92 Å². The van der Waals surface area contributed by atoms with Gasteiger partial charge in [-0.2, -0.15) is 5.26 Å². The van der Waals surface area contributed by atoms with Crippen molar-refractivity contribution in [1.82, 2.24) is 10.2 Å². The molecule has 9 heteroatoms. The summed E-state index contributed by atoms with van der Waals surface area (Å²) in [6.45, 7) is 0.0880. The van der Waals surface area contributed by atoms with Gasteiger partial charge in [-0.3, -0.25) is 5.10 Å². The summed E-state index contributed by atoms with van der Waals surface area (Å²) in [4.78, 5) is 0. The zero-order valence-corrected chi connectivity index (χ0v) is 19.6. The molecule has 0 amide bonds. The molecule has 1 atom stereocenters. The van der Waals surface area contributed by atoms with E-state index in [1.807, 2.05) is 12.1 Å². The molecular weight excluding hydrogens is 490 g/mol. The van der Waals surface area contributed by atoms with Crippen molar-refractivity contribution in [1.29, 1.82) is 5.26 Å². The van der Waals surface area contributed by atoms with E-state index in [0.717, 1.165) is 5.56 Å². The summed E-state index contributed by atoms with van der Waals surface area (Å²) < 4.78 is 25.3. The second-order valence-corrected chi connectivity index (χ2v) is 8.66. The van der Waals surface area contributed by atoms with E-state index >= 15 is 0 Å². The molecule has 0 aliphatic carbocycles. The van der Waals surface area contributed by atoms with Gasteiger partial charge in [0, 0.05) is 16.1 Å². The van der Waals surface area contributed by atoms with Gasteiger partial charge in [0.1, 0.15) is 29.8 Å². The SMILES string of the molecule is N#CC1=C(N)Oc2n[nH]c(-c3ccc(Cl)cc3Cl)c2[C@@H]1c1ccc(OCc2ccccc2F)cc1. The van der Waals surface area contributed by atoms with Crippen molar-refractivity contribution in [2.45, 2.75) is 12.5 Å². The molecule has 6 nitrogen and oxygen atoms in total. The summed E-state index contributed by atoms with van der Waals surface area (Å²) in [5.41, 5.74) is 9.39. The average Bonchev–Trinajstić information content (AvgIpc) is 3.26. The highest BCUT2D eigenvalue weighted by atomic mass is 35.5. The Labute approximate surface area is 210 Å². The monoisotopic (exact) mass is 506 g/mol. The number of allylic oxidation sites excluding steroid dienone is 1. The van der Waals surface area contributed by atoms with Crippen molar-refractivity contribution >= 4 is 23.2 Å². The number of hydrogen-bond donors (Lipinski definition) is 2. The molecule has 174 valence electrons. The predicted molar refractivity (Wildman–Crippen MR) is 131 cm³/mol. The number of benzene rings is 3. The maximum Gasteiger partial charge on any atom is 0.244 e. The Morgan fingerprint density at radius 1 is 1.11 bits per heavy atom. The van der Waals surface area contributed by atoms with Crippen LogP contribution >= 0.6 is 23.2 Å². The Morgan fingerprint density at radius 3 is 2.60 bits per heavy atom. The normalized spacial score (nSPS) is 14.7. The third-order valence-corrected chi connectivity index (χ3v) is 6.25. The maximum absolute atomic E-state index is 13.9. The first-order valence-corrected chi connectivity index (χ1v) is 11.3. The minimum absolute atomic E-state index is 0.0230. The number of rotatable bonds is 5. The van der Waals surface area contributed by atoms with E-state index in [-0.39, 0.29) is 29.8 Å². The molecule has 1 aliphatic heterocycles. The number of nitrogens with one attached hydrogen (secondary N) is 1. The van der Waals surface area contributed by atoms with Crippen LogP contribution in [0.3, 0.4) is 0 Å². The summed E-state index contributed by atoms with van der Waals surface area (Å²) >= 11 is 12.5. The lowest BCUT2D eigenvalue weighted by Crippen LogP contribution is -2.21. The van der Waals surface area contributed by atoms with Crippen molar-refractivity contribution in [3.05, 3.63) is 111 Å². The van der Waals surface area contributed by atoms with E-state index in [4.69, 9.17) is 38.4 Å². The molecule has 0 radical (unpaired) electrons. The summed E-state index contributed by atoms with van der Waals surface area (Å²) in [5, 5.41) is 18.0. The highest BCUT2D eigenvalue weighted by Gasteiger charge is 2.36. The summed E-state index contributed by atoms with van der Waals surface area (Å²) in [5.74, 6) is -0.109. The number of ether oxygens (including phenoxy) is 2. The number of aromatic nitrogens is 2. The van der Waals surface area contributed by atoms with Gasteiger partial charge in [-0.15, -0.1) is 5.10 Å². The first-order valence-electron chi connectivity index (χ1n) is 10.5. The number of hydrogen-bond acceptors (Lipinski definition) is 5. The lowest BCUT2D eigenvalue weighted by Gasteiger charge is -2.24. The molecule has 35 heavy (non-hydrogen) atoms. The van der Waals surface area contributed by atoms with Gasteiger partial charge in [-0.1, -0.05) is 53.5 Å². The number of H-pyrrole nitrogens is 1. The molecule has 0 saturated carbocycles. The van der Waals surface area contributed by atoms with Crippen LogP contribution in [0.2, 0.25) is 10.0 Å². The van der Waals surface area contributed by atoms with Gasteiger partial charge in [-0.25, -0.2) is 4.39 Å². The zero-order valence-electron chi connectivity index (χ0n) is 18.1. The molecule has 5 rings (SSSR count). The van der Waals surface area contributed by atoms with E-state index in [1.54, 1.807) is 48.5 Å². The van der Waals surface area contributed by atoms with Crippen LogP contribution in [0, 0.1) is 17.1 Å². The van der Waals surface area contributed by atoms with Gasteiger partial charge < -0.3 is 15.2 Å². The molecule has 0 spiro atoms. The number of aromatic amines is 1. The van der Waals surface area contributed by atoms with E-state index in [1.165, 1.54) is 6.07 Å². The van der Waals surface area contributed by atoms with Crippen molar-refractivity contribution in [3.63, 3.8) is 0 Å². The predicted octanol–water partition coefficient (Wildman–Crippen LogP) is 6.32. The Kier molecular flexibility index (Phi) is 6.08. The maximum atomic E-state index is 13.9. The van der Waals surface area contributed by atoms with Gasteiger partial charge in [0.25, 0.3) is 0 Å². The molecule has 0 unspecified atom stereocenters. The van der Waals surface area contributed by atoms with Gasteiger partial charge >= 0.3 is 0 Å². The lowest BCUT2D eigenvalue weighted by atomic mass is 9.83. The van der Waals surface area contributed by atoms with Crippen LogP contribution in [0.25, 0.3) is 11.3 Å². The van der Waals surface area contributed by atoms with Crippen LogP contribution in [0.1, 0.15) is 22.6 Å². The summed E-state index contributed by atoms with van der Waals surface area (Å²) in [6.07, 6.45) is 0. The first kappa shape index (κ1) is 22.8. The molecule has 2 heterocycles. The van der Waals surface area contributed by atoms with E-state index in [0.29, 0.717) is 38.2 Å². The van der Waals surface area contributed by atoms with Gasteiger partial charge in [0.2, 0.25) is 11.8 Å². The van der Waals surface area contributed by atoms with Crippen LogP contribution in [-0.4, -0.2) is 10.2 Å². The van der Waals surface area contributed by atoms with Gasteiger partial charge in [-0.05, 0) is 42.0 Å². The third-order valence-electron chi connectivity index (χ3n) is 5.70. The molecule has 4 aromatic rings. The number of nitrogens with two attached hydrogens (primary N) is 1. The highest BCUT2D eigenvalue weighted by Crippen LogP contribution is 2.47. The van der Waals surface area contributed by atoms with Crippen LogP contribution in [0.5, 0.6) is 11.6 Å². The minimum atomic E-state index is -0.565. The molecule has 1 aromatic heterocycles. The molecular formula is C26H17Cl2FN4O2. The Hall–Kier alpha value is -3.99. The molecule has 3 N–H and O–H groups in total. The summed E-state index contributed by atoms with van der Waals surface area (Å²) in [6, 6.07) is 20.9. The van der Waals surface area contributed by atoms with Crippen molar-refractivity contribution in [2.75, 3.05) is 0 Å². The fraction of sp³-hybridized carbons (Fsp3) is 0.0769. The second-order valence-electron chi connectivity index (χ2n) is 7.82. The smallest absolute Gasteiger partial charge is 0.244 e. The van der Waals surface area contributed by atoms with Crippen LogP contribution < -0.4 is 15.2 Å². The topological polar surface area (TPSA) is 97.0 Å². The first-order chi connectivity index (χ1) is 17.0. The Balaban J connectivity index is 1.51. The van der Waals surface area contributed by atoms with Crippen molar-refractivity contribution in [2.24, 2.45) is 5.73 Å². The fourth-order valence-electron chi connectivity index (χ4n) is 4.01. The lowest BCUT2D eigenvalue weighted by molar-refractivity contribution is 0.300. The molecule has 0 fully saturated rings. The Bertz CT molecular complexity index is 1490. The molecule has 0 bridgehead atoms. The van der Waals surface area contributed by atoms with E-state index in [2.05, 4.69) is 16.3 Å². The zero-order chi connectivity index (χ0) is 24.5. The molecule has 0 saturated heterocycles. The number of nitrogens with zero attached hydrogens (tertiary/aromatic N) is 2. The standard InChI is InChI=1S/C26H17Cl2FN4O2/c27-16-7-10-18(20(28)11-16)24-23-22(19(12-30)25(31)35-26(23)33-32-24)14-5-8-17(9-6-14)34-13-15-3-1-2-4-21(15)29/h1-11,22H,13,31H2,(H,32,33)/t22-/m1/s1. The minimum Gasteiger partial charge on any atom is -0.489 e. The largest absolute Gasteiger partial charge is 0.489 e. The second kappa shape index (κ2) is 9.34. The number of nitriles is 1. The number of fused-ring (bicyclic) bond motifs is 1. The van der Waals surface area contributed by atoms with Crippen LogP contribution in [-0.2, 0) is 6.61 Å². The van der Waals surface area contributed by atoms with Crippen molar-refractivity contribution in [3.8, 4) is 29.0 Å².